The lowest BCUT2D eigenvalue weighted by molar-refractivity contribution is -0.167. The molecular formula is C45H86O6. The van der Waals surface area contributed by atoms with E-state index >= 15 is 0 Å². The van der Waals surface area contributed by atoms with Crippen molar-refractivity contribution in [3.63, 3.8) is 0 Å². The van der Waals surface area contributed by atoms with Crippen LogP contribution in [0.4, 0.5) is 0 Å². The zero-order chi connectivity index (χ0) is 37.6. The van der Waals surface area contributed by atoms with E-state index in [1.807, 2.05) is 0 Å². The van der Waals surface area contributed by atoms with Gasteiger partial charge in [0.1, 0.15) is 13.2 Å². The summed E-state index contributed by atoms with van der Waals surface area (Å²) in [4.78, 5) is 37.6. The molecule has 0 spiro atoms. The molecule has 0 radical (unpaired) electrons. The smallest absolute Gasteiger partial charge is 0.306 e. The van der Waals surface area contributed by atoms with Gasteiger partial charge in [-0.2, -0.15) is 0 Å². The molecule has 6 heteroatoms. The highest BCUT2D eigenvalue weighted by molar-refractivity contribution is 5.71. The van der Waals surface area contributed by atoms with Gasteiger partial charge in [-0.25, -0.2) is 0 Å². The van der Waals surface area contributed by atoms with Gasteiger partial charge in [0.15, 0.2) is 6.10 Å². The van der Waals surface area contributed by atoms with Gasteiger partial charge in [0.2, 0.25) is 0 Å². The maximum absolute atomic E-state index is 12.7. The van der Waals surface area contributed by atoms with Crippen molar-refractivity contribution < 1.29 is 28.6 Å². The van der Waals surface area contributed by atoms with Crippen LogP contribution in [0, 0.1) is 11.8 Å². The van der Waals surface area contributed by atoms with E-state index in [4.69, 9.17) is 14.2 Å². The van der Waals surface area contributed by atoms with Crippen LogP contribution in [0.1, 0.15) is 240 Å². The second-order valence-corrected chi connectivity index (χ2v) is 16.1. The number of rotatable bonds is 39. The Kier molecular flexibility index (Phi) is 37.0. The Hall–Kier alpha value is -1.59. The molecule has 0 N–H and O–H groups in total. The first-order valence-electron chi connectivity index (χ1n) is 22.3. The molecule has 0 fully saturated rings. The second-order valence-electron chi connectivity index (χ2n) is 16.1. The first-order chi connectivity index (χ1) is 24.8. The minimum Gasteiger partial charge on any atom is -0.462 e. The number of unbranched alkanes of at least 4 members (excludes halogenated alkanes) is 23. The molecule has 6 nitrogen and oxygen atoms in total. The van der Waals surface area contributed by atoms with Crippen molar-refractivity contribution in [1.29, 1.82) is 0 Å². The first kappa shape index (κ1) is 49.4. The highest BCUT2D eigenvalue weighted by Gasteiger charge is 2.19. The van der Waals surface area contributed by atoms with Crippen LogP contribution in [0.15, 0.2) is 0 Å². The third-order valence-electron chi connectivity index (χ3n) is 10.3. The Balaban J connectivity index is 4.35. The van der Waals surface area contributed by atoms with Crippen LogP contribution in [0.5, 0.6) is 0 Å². The Labute approximate surface area is 317 Å². The third-order valence-corrected chi connectivity index (χ3v) is 10.3. The van der Waals surface area contributed by atoms with E-state index in [1.165, 1.54) is 128 Å². The SMILES string of the molecule is CCCCCCCCCCCC(=O)OC[C@@H](COC(=O)CCCCCCCCCCC(C)CC)OC(=O)CCCCCCCCCCCC(C)C. The monoisotopic (exact) mass is 723 g/mol. The molecule has 302 valence electrons. The Morgan fingerprint density at radius 1 is 0.412 bits per heavy atom. The zero-order valence-electron chi connectivity index (χ0n) is 34.7. The first-order valence-corrected chi connectivity index (χ1v) is 22.3. The van der Waals surface area contributed by atoms with E-state index in [9.17, 15) is 14.4 Å². The maximum Gasteiger partial charge on any atom is 0.306 e. The van der Waals surface area contributed by atoms with Crippen molar-refractivity contribution in [2.75, 3.05) is 13.2 Å². The standard InChI is InChI=1S/C45H86O6/c1-6-8-9-10-11-13-20-25-30-35-43(46)49-38-42(51-45(48)37-32-27-22-15-12-14-18-23-28-33-40(3)4)39-50-44(47)36-31-26-21-17-16-19-24-29-34-41(5)7-2/h40-42H,6-39H2,1-5H3/t41?,42-/m0/s1. The lowest BCUT2D eigenvalue weighted by Gasteiger charge is -2.18. The summed E-state index contributed by atoms with van der Waals surface area (Å²) in [5, 5.41) is 0. The van der Waals surface area contributed by atoms with Crippen molar-refractivity contribution in [3.05, 3.63) is 0 Å². The summed E-state index contributed by atoms with van der Waals surface area (Å²) in [6.45, 7) is 11.3. The predicted molar refractivity (Wildman–Crippen MR) is 215 cm³/mol. The van der Waals surface area contributed by atoms with Crippen molar-refractivity contribution in [1.82, 2.24) is 0 Å². The van der Waals surface area contributed by atoms with E-state index < -0.39 is 6.10 Å². The van der Waals surface area contributed by atoms with E-state index in [0.717, 1.165) is 69.6 Å². The average Bonchev–Trinajstić information content (AvgIpc) is 3.11. The van der Waals surface area contributed by atoms with Gasteiger partial charge in [-0.15, -0.1) is 0 Å². The Morgan fingerprint density at radius 2 is 0.745 bits per heavy atom. The molecule has 0 aliphatic rings. The van der Waals surface area contributed by atoms with Crippen LogP contribution in [0.25, 0.3) is 0 Å². The van der Waals surface area contributed by atoms with Crippen LogP contribution < -0.4 is 0 Å². The highest BCUT2D eigenvalue weighted by Crippen LogP contribution is 2.17. The van der Waals surface area contributed by atoms with Gasteiger partial charge in [-0.05, 0) is 31.1 Å². The summed E-state index contributed by atoms with van der Waals surface area (Å²) in [5.41, 5.74) is 0. The van der Waals surface area contributed by atoms with Crippen LogP contribution in [-0.2, 0) is 28.6 Å². The number of hydrogen-bond donors (Lipinski definition) is 0. The molecule has 0 amide bonds. The lowest BCUT2D eigenvalue weighted by Crippen LogP contribution is -2.30. The summed E-state index contributed by atoms with van der Waals surface area (Å²) in [6.07, 6.45) is 35.1. The summed E-state index contributed by atoms with van der Waals surface area (Å²) >= 11 is 0. The Morgan fingerprint density at radius 3 is 1.12 bits per heavy atom. The molecule has 0 heterocycles. The fourth-order valence-electron chi connectivity index (χ4n) is 6.54. The van der Waals surface area contributed by atoms with E-state index in [1.54, 1.807) is 0 Å². The van der Waals surface area contributed by atoms with Gasteiger partial charge in [0.25, 0.3) is 0 Å². The molecule has 2 atom stereocenters. The molecule has 51 heavy (non-hydrogen) atoms. The maximum atomic E-state index is 12.7. The average molecular weight is 723 g/mol. The van der Waals surface area contributed by atoms with Crippen LogP contribution >= 0.6 is 0 Å². The molecule has 0 aliphatic carbocycles. The van der Waals surface area contributed by atoms with E-state index in [2.05, 4.69) is 34.6 Å². The number of esters is 3. The molecule has 0 rings (SSSR count). The molecule has 0 saturated carbocycles. The normalized spacial score (nSPS) is 12.6. The van der Waals surface area contributed by atoms with Gasteiger partial charge < -0.3 is 14.2 Å². The predicted octanol–water partition coefficient (Wildman–Crippen LogP) is 13.8. The highest BCUT2D eigenvalue weighted by atomic mass is 16.6. The van der Waals surface area contributed by atoms with Gasteiger partial charge in [0.05, 0.1) is 0 Å². The summed E-state index contributed by atoms with van der Waals surface area (Å²) in [6, 6.07) is 0. The third kappa shape index (κ3) is 38.0. The Bertz CT molecular complexity index is 781. The van der Waals surface area contributed by atoms with Gasteiger partial charge in [-0.1, -0.05) is 202 Å². The van der Waals surface area contributed by atoms with E-state index in [0.29, 0.717) is 19.3 Å². The summed E-state index contributed by atoms with van der Waals surface area (Å²) in [5.74, 6) is 0.791. The lowest BCUT2D eigenvalue weighted by atomic mass is 9.99. The van der Waals surface area contributed by atoms with Gasteiger partial charge in [-0.3, -0.25) is 14.4 Å². The zero-order valence-corrected chi connectivity index (χ0v) is 34.7. The fourth-order valence-corrected chi connectivity index (χ4v) is 6.54. The quantitative estimate of drug-likeness (QED) is 0.0357. The minimum atomic E-state index is -0.760. The minimum absolute atomic E-state index is 0.0657. The molecule has 0 saturated heterocycles. The molecule has 0 aromatic rings. The number of carbonyl (C=O) groups is 3. The number of ether oxygens (including phenoxy) is 3. The topological polar surface area (TPSA) is 78.9 Å². The van der Waals surface area contributed by atoms with E-state index in [-0.39, 0.29) is 31.1 Å². The van der Waals surface area contributed by atoms with Gasteiger partial charge >= 0.3 is 17.9 Å². The molecule has 0 aliphatic heterocycles. The molecular weight excluding hydrogens is 636 g/mol. The second kappa shape index (κ2) is 38.1. The number of hydrogen-bond acceptors (Lipinski definition) is 6. The molecule has 1 unspecified atom stereocenters. The molecule has 0 aromatic heterocycles. The summed E-state index contributed by atoms with van der Waals surface area (Å²) in [7, 11) is 0. The fraction of sp³-hybridized carbons (Fsp3) is 0.933. The van der Waals surface area contributed by atoms with Gasteiger partial charge in [0, 0.05) is 19.3 Å². The molecule has 0 bridgehead atoms. The van der Waals surface area contributed by atoms with Crippen LogP contribution in [0.3, 0.4) is 0 Å². The summed E-state index contributed by atoms with van der Waals surface area (Å²) < 4.78 is 16.7. The largest absolute Gasteiger partial charge is 0.462 e. The number of carbonyl (C=O) groups excluding carboxylic acids is 3. The van der Waals surface area contributed by atoms with Crippen molar-refractivity contribution in [2.45, 2.75) is 246 Å². The van der Waals surface area contributed by atoms with Crippen LogP contribution in [-0.4, -0.2) is 37.2 Å². The van der Waals surface area contributed by atoms with Crippen molar-refractivity contribution in [3.8, 4) is 0 Å². The van der Waals surface area contributed by atoms with Crippen molar-refractivity contribution >= 4 is 17.9 Å². The van der Waals surface area contributed by atoms with Crippen molar-refractivity contribution in [2.24, 2.45) is 11.8 Å². The molecule has 0 aromatic carbocycles. The van der Waals surface area contributed by atoms with Crippen LogP contribution in [0.2, 0.25) is 0 Å².